The number of halogens is 1. The molecule has 35 heavy (non-hydrogen) atoms. The molecule has 0 saturated carbocycles. The van der Waals surface area contributed by atoms with E-state index in [9.17, 15) is 24.3 Å². The molecule has 5 rings (SSSR count). The third kappa shape index (κ3) is 3.63. The molecule has 8 nitrogen and oxygen atoms in total. The third-order valence-corrected chi connectivity index (χ3v) is 6.40. The Morgan fingerprint density at radius 2 is 1.54 bits per heavy atom. The highest BCUT2D eigenvalue weighted by Crippen LogP contribution is 2.44. The minimum absolute atomic E-state index is 0.0305. The van der Waals surface area contributed by atoms with Gasteiger partial charge in [-0.1, -0.05) is 23.7 Å². The summed E-state index contributed by atoms with van der Waals surface area (Å²) in [5.41, 5.74) is 1.20. The molecule has 1 N–H and O–H groups in total. The molecule has 2 aliphatic heterocycles. The van der Waals surface area contributed by atoms with E-state index in [0.717, 1.165) is 4.90 Å². The number of carboxylic acids is 1. The predicted molar refractivity (Wildman–Crippen MR) is 127 cm³/mol. The van der Waals surface area contributed by atoms with Crippen molar-refractivity contribution in [2.75, 3.05) is 11.5 Å². The van der Waals surface area contributed by atoms with Crippen LogP contribution < -0.4 is 9.64 Å². The number of carboxylic acid groups (broad SMARTS) is 1. The molecule has 9 heteroatoms. The number of carbonyl (C=O) groups is 4. The van der Waals surface area contributed by atoms with Crippen LogP contribution in [0.4, 0.5) is 5.69 Å². The number of anilines is 1. The molecule has 3 amide bonds. The SMILES string of the molecule is CCOc1ccc(N2C(=O)[C@H](N3C(=O)c4ccc(C(=O)O)cc4C3=O)[C@H]2c2ccc(Cl)cc2)cc1. The lowest BCUT2D eigenvalue weighted by Gasteiger charge is -2.49. The zero-order valence-electron chi connectivity index (χ0n) is 18.5. The minimum atomic E-state index is -1.22. The van der Waals surface area contributed by atoms with Gasteiger partial charge in [0, 0.05) is 10.7 Å². The van der Waals surface area contributed by atoms with Crippen LogP contribution in [0.2, 0.25) is 5.02 Å². The number of rotatable bonds is 6. The molecule has 176 valence electrons. The lowest BCUT2D eigenvalue weighted by molar-refractivity contribution is -0.130. The Bertz CT molecular complexity index is 1370. The topological polar surface area (TPSA) is 104 Å². The minimum Gasteiger partial charge on any atom is -0.494 e. The van der Waals surface area contributed by atoms with Gasteiger partial charge in [0.15, 0.2) is 0 Å². The Morgan fingerprint density at radius 1 is 0.886 bits per heavy atom. The summed E-state index contributed by atoms with van der Waals surface area (Å²) < 4.78 is 5.48. The maximum absolute atomic E-state index is 13.5. The molecule has 2 heterocycles. The molecule has 1 saturated heterocycles. The van der Waals surface area contributed by atoms with Crippen LogP contribution in [0.3, 0.4) is 0 Å². The fourth-order valence-corrected chi connectivity index (χ4v) is 4.65. The highest BCUT2D eigenvalue weighted by atomic mass is 35.5. The van der Waals surface area contributed by atoms with Crippen molar-refractivity contribution in [3.63, 3.8) is 0 Å². The molecular formula is C26H19ClN2O6. The van der Waals surface area contributed by atoms with Gasteiger partial charge in [-0.3, -0.25) is 19.3 Å². The van der Waals surface area contributed by atoms with Crippen molar-refractivity contribution in [3.8, 4) is 5.75 Å². The van der Waals surface area contributed by atoms with Gasteiger partial charge in [-0.2, -0.15) is 0 Å². The van der Waals surface area contributed by atoms with Crippen LogP contribution in [0.15, 0.2) is 66.7 Å². The number of nitrogens with zero attached hydrogens (tertiary/aromatic N) is 2. The Balaban J connectivity index is 1.54. The normalized spacial score (nSPS) is 19.0. The Kier molecular flexibility index (Phi) is 5.53. The molecule has 0 unspecified atom stereocenters. The average molecular weight is 491 g/mol. The number of carbonyl (C=O) groups excluding carboxylic acids is 3. The first-order chi connectivity index (χ1) is 16.8. The van der Waals surface area contributed by atoms with Gasteiger partial charge in [0.05, 0.1) is 29.3 Å². The van der Waals surface area contributed by atoms with Gasteiger partial charge in [0.25, 0.3) is 17.7 Å². The number of fused-ring (bicyclic) bond motifs is 1. The van der Waals surface area contributed by atoms with Crippen LogP contribution >= 0.6 is 11.6 Å². The number of amides is 3. The van der Waals surface area contributed by atoms with E-state index < -0.39 is 35.8 Å². The predicted octanol–water partition coefficient (Wildman–Crippen LogP) is 4.19. The smallest absolute Gasteiger partial charge is 0.335 e. The second-order valence-electron chi connectivity index (χ2n) is 8.12. The van der Waals surface area contributed by atoms with Crippen molar-refractivity contribution < 1.29 is 29.0 Å². The van der Waals surface area contributed by atoms with Crippen molar-refractivity contribution in [2.45, 2.75) is 19.0 Å². The molecule has 0 spiro atoms. The lowest BCUT2D eigenvalue weighted by Crippen LogP contribution is -2.67. The maximum Gasteiger partial charge on any atom is 0.335 e. The molecule has 3 aromatic rings. The quantitative estimate of drug-likeness (QED) is 0.410. The van der Waals surface area contributed by atoms with Gasteiger partial charge < -0.3 is 14.7 Å². The first-order valence-corrected chi connectivity index (χ1v) is 11.3. The number of imide groups is 1. The fourth-order valence-electron chi connectivity index (χ4n) is 4.52. The van der Waals surface area contributed by atoms with E-state index >= 15 is 0 Å². The van der Waals surface area contributed by atoms with Crippen LogP contribution in [0.1, 0.15) is 49.6 Å². The van der Waals surface area contributed by atoms with Gasteiger partial charge in [0.1, 0.15) is 11.8 Å². The van der Waals surface area contributed by atoms with Crippen molar-refractivity contribution in [1.82, 2.24) is 4.90 Å². The molecule has 0 aliphatic carbocycles. The van der Waals surface area contributed by atoms with Gasteiger partial charge in [0.2, 0.25) is 0 Å². The highest BCUT2D eigenvalue weighted by molar-refractivity contribution is 6.30. The summed E-state index contributed by atoms with van der Waals surface area (Å²) in [5, 5.41) is 9.78. The molecule has 3 aromatic carbocycles. The number of benzene rings is 3. The Morgan fingerprint density at radius 3 is 2.17 bits per heavy atom. The number of β-lactam (4-membered cyclic amide) rings is 1. The number of hydrogen-bond donors (Lipinski definition) is 1. The molecule has 2 aliphatic rings. The van der Waals surface area contributed by atoms with Crippen LogP contribution in [0.5, 0.6) is 5.75 Å². The Labute approximate surface area is 205 Å². The first-order valence-electron chi connectivity index (χ1n) is 10.9. The highest BCUT2D eigenvalue weighted by Gasteiger charge is 2.57. The molecule has 1 fully saturated rings. The first kappa shape index (κ1) is 22.6. The second kappa shape index (κ2) is 8.56. The van der Waals surface area contributed by atoms with E-state index in [4.69, 9.17) is 16.3 Å². The Hall–Kier alpha value is -4.17. The van der Waals surface area contributed by atoms with E-state index in [0.29, 0.717) is 28.6 Å². The molecule has 0 radical (unpaired) electrons. The van der Waals surface area contributed by atoms with E-state index in [-0.39, 0.29) is 16.7 Å². The standard InChI is InChI=1S/C26H19ClN2O6/c1-2-35-18-10-8-17(9-11-18)28-21(14-3-6-16(27)7-4-14)22(25(28)32)29-23(30)19-12-5-15(26(33)34)13-20(19)24(29)31/h3-13,21-22H,2H2,1H3,(H,33,34)/t21-,22-/m1/s1. The number of hydrogen-bond acceptors (Lipinski definition) is 5. The van der Waals surface area contributed by atoms with Crippen LogP contribution in [0.25, 0.3) is 0 Å². The van der Waals surface area contributed by atoms with E-state index in [1.807, 2.05) is 6.92 Å². The molecule has 2 atom stereocenters. The summed E-state index contributed by atoms with van der Waals surface area (Å²) in [6.07, 6.45) is 0. The summed E-state index contributed by atoms with van der Waals surface area (Å²) >= 11 is 6.06. The van der Waals surface area contributed by atoms with Crippen LogP contribution in [-0.2, 0) is 4.79 Å². The zero-order valence-corrected chi connectivity index (χ0v) is 19.2. The summed E-state index contributed by atoms with van der Waals surface area (Å²) in [6.45, 7) is 2.37. The monoisotopic (exact) mass is 490 g/mol. The van der Waals surface area contributed by atoms with Crippen molar-refractivity contribution in [3.05, 3.63) is 94.0 Å². The van der Waals surface area contributed by atoms with E-state index in [1.54, 1.807) is 48.5 Å². The van der Waals surface area contributed by atoms with Crippen LogP contribution in [0, 0.1) is 0 Å². The van der Waals surface area contributed by atoms with E-state index in [1.165, 1.54) is 23.1 Å². The maximum atomic E-state index is 13.5. The number of aromatic carboxylic acids is 1. The zero-order chi connectivity index (χ0) is 24.9. The van der Waals surface area contributed by atoms with Crippen LogP contribution in [-0.4, -0.2) is 46.3 Å². The largest absolute Gasteiger partial charge is 0.494 e. The van der Waals surface area contributed by atoms with Gasteiger partial charge in [-0.15, -0.1) is 0 Å². The average Bonchev–Trinajstić information content (AvgIpc) is 3.09. The van der Waals surface area contributed by atoms with Gasteiger partial charge in [-0.05, 0) is 67.1 Å². The van der Waals surface area contributed by atoms with E-state index in [2.05, 4.69) is 0 Å². The summed E-state index contributed by atoms with van der Waals surface area (Å²) in [6, 6.07) is 15.8. The van der Waals surface area contributed by atoms with Gasteiger partial charge >= 0.3 is 5.97 Å². The summed E-state index contributed by atoms with van der Waals surface area (Å²) in [4.78, 5) is 53.7. The number of ether oxygens (including phenoxy) is 1. The molecule has 0 aromatic heterocycles. The summed E-state index contributed by atoms with van der Waals surface area (Å²) in [5.74, 6) is -2.32. The third-order valence-electron chi connectivity index (χ3n) is 6.15. The molecular weight excluding hydrogens is 472 g/mol. The van der Waals surface area contributed by atoms with Gasteiger partial charge in [-0.25, -0.2) is 4.79 Å². The van der Waals surface area contributed by atoms with Crippen molar-refractivity contribution >= 4 is 41.0 Å². The lowest BCUT2D eigenvalue weighted by atomic mass is 9.86. The summed E-state index contributed by atoms with van der Waals surface area (Å²) in [7, 11) is 0. The molecule has 0 bridgehead atoms. The van der Waals surface area contributed by atoms with Crippen molar-refractivity contribution in [1.29, 1.82) is 0 Å². The second-order valence-corrected chi connectivity index (χ2v) is 8.56. The van der Waals surface area contributed by atoms with Crippen molar-refractivity contribution in [2.24, 2.45) is 0 Å². The fraction of sp³-hybridized carbons (Fsp3) is 0.154.